The fourth-order valence-corrected chi connectivity index (χ4v) is 17.9. The molecule has 5 N–H and O–H groups in total. The number of likely N-dealkylation sites (tertiary alicyclic amines) is 4. The number of aliphatic hydroxyl groups excluding tert-OH is 1. The number of rotatable bonds is 22. The molecule has 16 heterocycles. The van der Waals surface area contributed by atoms with Gasteiger partial charge in [0.25, 0.3) is 11.4 Å². The summed E-state index contributed by atoms with van der Waals surface area (Å²) in [6.45, 7) is 16.0. The van der Waals surface area contributed by atoms with Crippen molar-refractivity contribution in [2.45, 2.75) is 104 Å². The second-order valence-electron chi connectivity index (χ2n) is 34.6. The molecule has 130 heavy (non-hydrogen) atoms. The highest BCUT2D eigenvalue weighted by atomic mass is 19.1. The van der Waals surface area contributed by atoms with Crippen LogP contribution in [-0.4, -0.2) is 224 Å². The smallest absolute Gasteiger partial charge is 0.291 e. The summed E-state index contributed by atoms with van der Waals surface area (Å²) < 4.78 is 60.9. The third kappa shape index (κ3) is 20.9. The summed E-state index contributed by atoms with van der Waals surface area (Å²) in [4.78, 5) is 108. The molecule has 8 aliphatic rings. The highest BCUT2D eigenvalue weighted by Gasteiger charge is 2.37. The topological polar surface area (TPSA) is 376 Å². The van der Waals surface area contributed by atoms with Gasteiger partial charge in [0.1, 0.15) is 34.7 Å². The Morgan fingerprint density at radius 2 is 0.638 bits per heavy atom. The van der Waals surface area contributed by atoms with Crippen LogP contribution in [0.2, 0.25) is 0 Å². The highest BCUT2D eigenvalue weighted by Crippen LogP contribution is 2.35. The van der Waals surface area contributed by atoms with Gasteiger partial charge in [0.05, 0.1) is 142 Å². The first-order valence-corrected chi connectivity index (χ1v) is 42.9. The van der Waals surface area contributed by atoms with Crippen LogP contribution in [0.1, 0.15) is 67.8 Å². The monoisotopic (exact) mass is 1770 g/mol. The number of aromatic nitrogens is 12. The van der Waals surface area contributed by atoms with Gasteiger partial charge in [0.2, 0.25) is 23.6 Å². The molecule has 8 aliphatic heterocycles. The van der Waals surface area contributed by atoms with E-state index in [1.807, 2.05) is 31.3 Å². The molecule has 0 saturated carbocycles. The van der Waals surface area contributed by atoms with Crippen molar-refractivity contribution in [3.63, 3.8) is 0 Å². The molecule has 33 nitrogen and oxygen atoms in total. The molecule has 0 atom stereocenters. The number of halogens is 4. The molecule has 8 aromatic heterocycles. The van der Waals surface area contributed by atoms with E-state index in [9.17, 15) is 57.0 Å². The first-order chi connectivity index (χ1) is 62.6. The Labute approximate surface area is 746 Å². The van der Waals surface area contributed by atoms with Crippen molar-refractivity contribution >= 4 is 46.4 Å². The number of aliphatic hydroxyl groups is 1. The van der Waals surface area contributed by atoms with Crippen molar-refractivity contribution in [2.75, 3.05) is 99.1 Å². The van der Waals surface area contributed by atoms with E-state index in [-0.39, 0.29) is 95.3 Å². The van der Waals surface area contributed by atoms with Gasteiger partial charge in [-0.05, 0) is 162 Å². The summed E-state index contributed by atoms with van der Waals surface area (Å²) >= 11 is 0. The Hall–Kier alpha value is -13.9. The molecular formula is C93H100F4N24O9. The molecular weight excluding hydrogens is 1670 g/mol. The third-order valence-corrected chi connectivity index (χ3v) is 24.6. The minimum absolute atomic E-state index is 0.0124. The summed E-state index contributed by atoms with van der Waals surface area (Å²) in [6.07, 6.45) is 7.64. The van der Waals surface area contributed by atoms with Crippen LogP contribution < -0.4 is 11.5 Å². The Bertz CT molecular complexity index is 6120. The Balaban J connectivity index is 0.000000126. The van der Waals surface area contributed by atoms with Gasteiger partial charge in [-0.1, -0.05) is 0 Å². The lowest BCUT2D eigenvalue weighted by Crippen LogP contribution is -2.45. The van der Waals surface area contributed by atoms with Crippen LogP contribution in [0.3, 0.4) is 0 Å². The molecule has 0 unspecified atom stereocenters. The second-order valence-corrected chi connectivity index (χ2v) is 34.6. The van der Waals surface area contributed by atoms with Crippen molar-refractivity contribution in [2.24, 2.45) is 23.7 Å². The average molecular weight is 1770 g/mol. The van der Waals surface area contributed by atoms with E-state index in [0.717, 1.165) is 142 Å². The molecule has 4 fully saturated rings. The van der Waals surface area contributed by atoms with Crippen molar-refractivity contribution in [3.05, 3.63) is 282 Å². The number of amides is 4. The molecule has 12 aromatic rings. The fourth-order valence-electron chi connectivity index (χ4n) is 17.9. The van der Waals surface area contributed by atoms with E-state index in [1.54, 1.807) is 93.7 Å². The average Bonchev–Trinajstić information content (AvgIpc) is 1.61. The van der Waals surface area contributed by atoms with Crippen LogP contribution in [-0.2, 0) is 123 Å². The Kier molecular flexibility index (Phi) is 26.8. The summed E-state index contributed by atoms with van der Waals surface area (Å²) in [5.41, 5.74) is 27.3. The van der Waals surface area contributed by atoms with Gasteiger partial charge in [0, 0.05) is 205 Å². The second kappa shape index (κ2) is 39.0. The number of anilines is 2. The van der Waals surface area contributed by atoms with Crippen LogP contribution in [0.25, 0.3) is 45.0 Å². The zero-order valence-electron chi connectivity index (χ0n) is 72.7. The quantitative estimate of drug-likeness (QED) is 0.0323. The van der Waals surface area contributed by atoms with Gasteiger partial charge in [-0.25, -0.2) is 27.5 Å². The van der Waals surface area contributed by atoms with Gasteiger partial charge in [-0.3, -0.25) is 68.1 Å². The number of nitrogens with two attached hydrogens (primary N) is 2. The van der Waals surface area contributed by atoms with Gasteiger partial charge >= 0.3 is 0 Å². The van der Waals surface area contributed by atoms with Crippen LogP contribution in [0, 0.1) is 67.2 Å². The molecule has 4 aromatic carbocycles. The molecule has 674 valence electrons. The Morgan fingerprint density at radius 3 is 0.931 bits per heavy atom. The van der Waals surface area contributed by atoms with Crippen molar-refractivity contribution in [1.29, 1.82) is 0 Å². The zero-order chi connectivity index (χ0) is 91.3. The lowest BCUT2D eigenvalue weighted by molar-refractivity contribution is -0.386. The van der Waals surface area contributed by atoms with Crippen LogP contribution in [0.15, 0.2) is 170 Å². The Morgan fingerprint density at radius 1 is 0.369 bits per heavy atom. The molecule has 20 rings (SSSR count). The zero-order valence-corrected chi connectivity index (χ0v) is 72.7. The summed E-state index contributed by atoms with van der Waals surface area (Å²) in [7, 11) is 9.43. The number of pyridine rings is 4. The number of carbonyl (C=O) groups is 4. The molecule has 0 radical (unpaired) electrons. The largest absolute Gasteiger partial charge is 0.400 e. The third-order valence-electron chi connectivity index (χ3n) is 24.6. The molecule has 0 bridgehead atoms. The van der Waals surface area contributed by atoms with E-state index in [0.29, 0.717) is 133 Å². The number of nitrogens with zero attached hydrogens (tertiary/aromatic N) is 22. The number of fused-ring (bicyclic) bond motifs is 4. The maximum Gasteiger partial charge on any atom is 0.291 e. The van der Waals surface area contributed by atoms with Gasteiger partial charge < -0.3 is 55.8 Å². The van der Waals surface area contributed by atoms with Gasteiger partial charge in [-0.15, -0.1) is 0 Å². The highest BCUT2D eigenvalue weighted by molar-refractivity contribution is 5.83. The number of hydrogen-bond acceptors (Lipinski definition) is 23. The predicted octanol–water partition coefficient (Wildman–Crippen LogP) is 9.51. The lowest BCUT2D eigenvalue weighted by atomic mass is 10.0. The number of nitro groups is 2. The number of carbonyl (C=O) groups excluding carboxylic acids is 4. The van der Waals surface area contributed by atoms with Crippen molar-refractivity contribution in [1.82, 2.24) is 98.3 Å². The normalized spacial score (nSPS) is 16.0. The van der Waals surface area contributed by atoms with Crippen LogP contribution in [0.4, 0.5) is 40.3 Å². The molecule has 0 aliphatic carbocycles. The van der Waals surface area contributed by atoms with Crippen molar-refractivity contribution in [3.8, 4) is 45.0 Å². The summed E-state index contributed by atoms with van der Waals surface area (Å²) in [5, 5.41) is 48.4. The minimum Gasteiger partial charge on any atom is -0.400 e. The van der Waals surface area contributed by atoms with E-state index in [1.165, 1.54) is 72.8 Å². The maximum atomic E-state index is 13.3. The van der Waals surface area contributed by atoms with Gasteiger partial charge in [-0.2, -0.15) is 20.4 Å². The number of benzene rings is 4. The maximum absolute atomic E-state index is 13.3. The molecule has 0 spiro atoms. The van der Waals surface area contributed by atoms with Crippen LogP contribution >= 0.6 is 0 Å². The van der Waals surface area contributed by atoms with E-state index in [4.69, 9.17) is 16.6 Å². The molecule has 4 saturated heterocycles. The SMILES string of the molecule is CN1CC(Cn2cc3c(n2)CN(C(=O)Cc2nc(-c4ccc(F)cc4)ccc2N)C3)C1.CN1CC(Cn2cc3c(n2)CN(C(=O)Cc2nc(-c4ccc(F)cc4)ccc2[N+](=O)[O-])C3)C1.CN1CC(Cn2ncc3c2CN(C(=O)Cc2nc(-c4ccc(F)cc4)ccc2N)C3)C1.CN1CC(Cn2ncc3c2CN(C(=O)Cc2nc(-c4ccc(F)cc4)ccc2[N+](=O)[O-])C3)C1.CO. The van der Waals surface area contributed by atoms with Gasteiger partial charge in [0.15, 0.2) is 0 Å². The fraction of sp³-hybridized carbons (Fsp3) is 0.355. The summed E-state index contributed by atoms with van der Waals surface area (Å²) in [6, 6.07) is 36.4. The van der Waals surface area contributed by atoms with E-state index in [2.05, 4.69) is 99.0 Å². The number of hydrogen-bond donors (Lipinski definition) is 3. The predicted molar refractivity (Wildman–Crippen MR) is 473 cm³/mol. The summed E-state index contributed by atoms with van der Waals surface area (Å²) in [5.74, 6) is 0.567. The first-order valence-electron chi connectivity index (χ1n) is 42.9. The molecule has 37 heteroatoms. The standard InChI is InChI=1S/2C23H23FN6O3.2C23H25FN6O.CH4O/c1-27-10-15(11-27)12-29-22-14-28(13-17(22)9-25-29)23(31)8-20-21(30(32)33)7-6-19(26-20)16-2-4-18(24)5-3-16;1-27-9-15(10-27)11-29-13-17-12-28(14-21(17)26-29)23(31)8-20-22(30(32)33)7-6-19(25-20)16-2-4-18(24)5-3-16;1-28-10-15(11-28)12-30-22-14-29(13-17(22)9-26-30)23(31)8-21-19(25)6-7-20(27-21)16-2-4-18(24)5-3-16;1-28-9-15(10-28)11-30-13-17-12-29(14-22(17)27-30)23(31)8-21-19(25)6-7-20(26-21)16-2-4-18(24)5-3-16;1-2/h2-7,9,15H,8,10-14H2,1H3;2-7,13,15H,8-12,14H2,1H3;2-7,9,15H,8,10-14,25H2,1H3;2-7,13,15H,8-12,14,25H2,1H3;2H,1H3. The lowest BCUT2D eigenvalue weighted by Gasteiger charge is -2.36. The van der Waals surface area contributed by atoms with E-state index < -0.39 is 9.85 Å². The molecule has 4 amide bonds. The minimum atomic E-state index is -0.537. The van der Waals surface area contributed by atoms with Crippen LogP contribution in [0.5, 0.6) is 0 Å². The first kappa shape index (κ1) is 89.5. The number of nitrogen functional groups attached to an aromatic ring is 2. The van der Waals surface area contributed by atoms with Crippen molar-refractivity contribution < 1.29 is 51.7 Å². The van der Waals surface area contributed by atoms with E-state index >= 15 is 0 Å².